The minimum Gasteiger partial charge on any atom is -0.378 e. The average molecular weight is 608 g/mol. The predicted octanol–water partition coefficient (Wildman–Crippen LogP) is 5.46. The molecule has 1 aliphatic heterocycles. The summed E-state index contributed by atoms with van der Waals surface area (Å²) in [6, 6.07) is 18.8. The van der Waals surface area contributed by atoms with Crippen molar-refractivity contribution in [1.29, 1.82) is 0 Å². The van der Waals surface area contributed by atoms with Gasteiger partial charge < -0.3 is 35.6 Å². The second-order valence-electron chi connectivity index (χ2n) is 10.2. The zero-order chi connectivity index (χ0) is 31.3. The monoisotopic (exact) mass is 607 g/mol. The van der Waals surface area contributed by atoms with Crippen molar-refractivity contribution in [2.75, 3.05) is 59.1 Å². The molecular formula is C31H32F3N7O3. The number of halogens is 3. The number of aliphatic hydroxyl groups is 1. The molecule has 0 saturated carbocycles. The molecule has 2 heterocycles. The van der Waals surface area contributed by atoms with E-state index in [0.29, 0.717) is 36.2 Å². The first-order valence-corrected chi connectivity index (χ1v) is 13.9. The van der Waals surface area contributed by atoms with Gasteiger partial charge in [0, 0.05) is 54.5 Å². The third-order valence-electron chi connectivity index (χ3n) is 7.13. The van der Waals surface area contributed by atoms with Gasteiger partial charge in [0.2, 0.25) is 6.35 Å². The molecule has 13 heteroatoms. The average Bonchev–Trinajstić information content (AvgIpc) is 3.03. The number of hydrogen-bond acceptors (Lipinski definition) is 9. The van der Waals surface area contributed by atoms with Crippen molar-refractivity contribution in [2.45, 2.75) is 19.5 Å². The Labute approximate surface area is 252 Å². The summed E-state index contributed by atoms with van der Waals surface area (Å²) < 4.78 is 44.6. The van der Waals surface area contributed by atoms with Gasteiger partial charge in [0.1, 0.15) is 18.0 Å². The Morgan fingerprint density at radius 1 is 1.00 bits per heavy atom. The van der Waals surface area contributed by atoms with Crippen LogP contribution in [0.4, 0.5) is 47.6 Å². The zero-order valence-electron chi connectivity index (χ0n) is 24.1. The van der Waals surface area contributed by atoms with Crippen LogP contribution in [0, 0.1) is 6.92 Å². The number of aryl methyl sites for hydroxylation is 1. The number of amides is 1. The van der Waals surface area contributed by atoms with Crippen LogP contribution < -0.4 is 25.8 Å². The minimum absolute atomic E-state index is 0.129. The predicted molar refractivity (Wildman–Crippen MR) is 163 cm³/mol. The summed E-state index contributed by atoms with van der Waals surface area (Å²) in [5, 5.41) is 19.8. The third kappa shape index (κ3) is 7.54. The van der Waals surface area contributed by atoms with E-state index >= 15 is 0 Å². The van der Waals surface area contributed by atoms with E-state index in [9.17, 15) is 23.1 Å². The number of aromatic nitrogens is 2. The van der Waals surface area contributed by atoms with E-state index in [2.05, 4.69) is 30.8 Å². The van der Waals surface area contributed by atoms with Gasteiger partial charge in [-0.2, -0.15) is 13.2 Å². The molecule has 1 unspecified atom stereocenters. The topological polar surface area (TPSA) is 115 Å². The summed E-state index contributed by atoms with van der Waals surface area (Å²) in [4.78, 5) is 25.0. The quantitative estimate of drug-likeness (QED) is 0.184. The normalized spacial score (nSPS) is 14.1. The summed E-state index contributed by atoms with van der Waals surface area (Å²) >= 11 is 0. The smallest absolute Gasteiger partial charge is 0.378 e. The van der Waals surface area contributed by atoms with Gasteiger partial charge in [-0.3, -0.25) is 4.79 Å². The van der Waals surface area contributed by atoms with Gasteiger partial charge in [-0.05, 0) is 67.1 Å². The Balaban J connectivity index is 1.22. The Bertz CT molecular complexity index is 1600. The van der Waals surface area contributed by atoms with E-state index in [-0.39, 0.29) is 5.56 Å². The molecule has 44 heavy (non-hydrogen) atoms. The highest BCUT2D eigenvalue weighted by molar-refractivity contribution is 6.04. The number of hydrogen-bond donors (Lipinski definition) is 4. The molecule has 5 rings (SSSR count). The highest BCUT2D eigenvalue weighted by Gasteiger charge is 2.31. The summed E-state index contributed by atoms with van der Waals surface area (Å²) in [5.74, 6) is 0.267. The largest absolute Gasteiger partial charge is 0.416 e. The molecule has 0 aliphatic carbocycles. The van der Waals surface area contributed by atoms with Crippen LogP contribution in [-0.2, 0) is 10.9 Å². The summed E-state index contributed by atoms with van der Waals surface area (Å²) in [6.45, 7) is 4.93. The second-order valence-corrected chi connectivity index (χ2v) is 10.2. The molecule has 0 radical (unpaired) electrons. The highest BCUT2D eigenvalue weighted by Crippen LogP contribution is 2.30. The molecular weight excluding hydrogens is 575 g/mol. The SMILES string of the molecule is Cc1ccc(NC(=O)c2cccc(C(F)(F)F)c2)cc1NC(O)N(C)c1cc(Nc2ccc(N3CCOCC3)cc2)ncn1. The molecule has 1 atom stereocenters. The number of morpholine rings is 1. The van der Waals surface area contributed by atoms with Gasteiger partial charge in [-0.15, -0.1) is 0 Å². The lowest BCUT2D eigenvalue weighted by atomic mass is 10.1. The van der Waals surface area contributed by atoms with Crippen molar-refractivity contribution in [2.24, 2.45) is 0 Å². The van der Waals surface area contributed by atoms with Gasteiger partial charge >= 0.3 is 6.18 Å². The third-order valence-corrected chi connectivity index (χ3v) is 7.13. The molecule has 1 amide bonds. The molecule has 1 aliphatic rings. The van der Waals surface area contributed by atoms with E-state index in [0.717, 1.165) is 42.2 Å². The first-order valence-electron chi connectivity index (χ1n) is 13.9. The maximum Gasteiger partial charge on any atom is 0.416 e. The van der Waals surface area contributed by atoms with E-state index in [1.54, 1.807) is 31.3 Å². The van der Waals surface area contributed by atoms with E-state index in [4.69, 9.17) is 4.74 Å². The number of carbonyl (C=O) groups excluding carboxylic acids is 1. The molecule has 3 aromatic carbocycles. The number of nitrogens with zero attached hydrogens (tertiary/aromatic N) is 4. The van der Waals surface area contributed by atoms with Gasteiger partial charge in [0.25, 0.3) is 5.91 Å². The van der Waals surface area contributed by atoms with Crippen molar-refractivity contribution in [3.8, 4) is 0 Å². The number of rotatable bonds is 9. The molecule has 1 aromatic heterocycles. The van der Waals surface area contributed by atoms with Crippen molar-refractivity contribution < 1.29 is 27.8 Å². The maximum absolute atomic E-state index is 13.1. The molecule has 0 spiro atoms. The van der Waals surface area contributed by atoms with E-state index in [1.165, 1.54) is 23.4 Å². The van der Waals surface area contributed by atoms with Gasteiger partial charge in [-0.1, -0.05) is 12.1 Å². The minimum atomic E-state index is -4.56. The Morgan fingerprint density at radius 2 is 1.73 bits per heavy atom. The van der Waals surface area contributed by atoms with Gasteiger partial charge in [-0.25, -0.2) is 9.97 Å². The van der Waals surface area contributed by atoms with Crippen LogP contribution in [0.15, 0.2) is 79.1 Å². The molecule has 1 fully saturated rings. The number of alkyl halides is 3. The fraction of sp³-hybridized carbons (Fsp3) is 0.258. The summed E-state index contributed by atoms with van der Waals surface area (Å²) in [5.41, 5.74) is 2.52. The molecule has 230 valence electrons. The van der Waals surface area contributed by atoms with Crippen LogP contribution in [-0.4, -0.2) is 60.7 Å². The van der Waals surface area contributed by atoms with Crippen LogP contribution in [0.2, 0.25) is 0 Å². The van der Waals surface area contributed by atoms with Crippen LogP contribution in [0.5, 0.6) is 0 Å². The number of carbonyl (C=O) groups is 1. The Hall–Kier alpha value is -4.88. The molecule has 4 N–H and O–H groups in total. The maximum atomic E-state index is 13.1. The molecule has 4 aromatic rings. The lowest BCUT2D eigenvalue weighted by Crippen LogP contribution is -2.38. The fourth-order valence-corrected chi connectivity index (χ4v) is 4.59. The number of aliphatic hydroxyl groups excluding tert-OH is 1. The summed E-state index contributed by atoms with van der Waals surface area (Å²) in [6.07, 6.45) is -4.40. The molecule has 1 saturated heterocycles. The van der Waals surface area contributed by atoms with Crippen LogP contribution in [0.25, 0.3) is 0 Å². The fourth-order valence-electron chi connectivity index (χ4n) is 4.59. The van der Waals surface area contributed by atoms with Gasteiger partial charge in [0.15, 0.2) is 0 Å². The van der Waals surface area contributed by atoms with Gasteiger partial charge in [0.05, 0.1) is 18.8 Å². The first kappa shape index (κ1) is 30.6. The second kappa shape index (κ2) is 13.2. The summed E-state index contributed by atoms with van der Waals surface area (Å²) in [7, 11) is 1.65. The van der Waals surface area contributed by atoms with Crippen molar-refractivity contribution in [3.63, 3.8) is 0 Å². The van der Waals surface area contributed by atoms with Crippen LogP contribution in [0.1, 0.15) is 21.5 Å². The zero-order valence-corrected chi connectivity index (χ0v) is 24.1. The molecule has 10 nitrogen and oxygen atoms in total. The Kier molecular flexibility index (Phi) is 9.16. The lowest BCUT2D eigenvalue weighted by molar-refractivity contribution is -0.137. The molecule has 0 bridgehead atoms. The number of anilines is 6. The van der Waals surface area contributed by atoms with Crippen molar-refractivity contribution >= 4 is 40.3 Å². The van der Waals surface area contributed by atoms with Crippen molar-refractivity contribution in [3.05, 3.63) is 95.8 Å². The van der Waals surface area contributed by atoms with Crippen LogP contribution >= 0.6 is 0 Å². The van der Waals surface area contributed by atoms with E-state index < -0.39 is 24.0 Å². The van der Waals surface area contributed by atoms with Crippen molar-refractivity contribution in [1.82, 2.24) is 9.97 Å². The van der Waals surface area contributed by atoms with E-state index in [1.807, 2.05) is 31.2 Å². The highest BCUT2D eigenvalue weighted by atomic mass is 19.4. The number of benzene rings is 3. The first-order chi connectivity index (χ1) is 21.1. The lowest BCUT2D eigenvalue weighted by Gasteiger charge is -2.29. The number of ether oxygens (including phenoxy) is 1. The Morgan fingerprint density at radius 3 is 2.45 bits per heavy atom. The number of nitrogens with one attached hydrogen (secondary N) is 3. The standard InChI is InChI=1S/C31H32F3N7O3/c1-20-6-7-24(38-29(42)21-4-3-5-22(16-21)31(32,33)34)17-26(20)39-30(43)40(2)28-18-27(35-19-36-28)37-23-8-10-25(11-9-23)41-12-14-44-15-13-41/h3-11,16-19,30,39,43H,12-15H2,1-2H3,(H,38,42)(H,35,36,37). The van der Waals surface area contributed by atoms with Crippen LogP contribution in [0.3, 0.4) is 0 Å².